The van der Waals surface area contributed by atoms with Crippen LogP contribution in [0.4, 0.5) is 0 Å². The fourth-order valence-electron chi connectivity index (χ4n) is 0.995. The lowest BCUT2D eigenvalue weighted by molar-refractivity contribution is 0.737. The molecule has 3 nitrogen and oxygen atoms in total. The Morgan fingerprint density at radius 2 is 2.23 bits per heavy atom. The molecule has 1 aromatic rings. The van der Waals surface area contributed by atoms with Crippen molar-refractivity contribution in [2.45, 2.75) is 6.04 Å². The van der Waals surface area contributed by atoms with Crippen LogP contribution < -0.4 is 11.5 Å². The molecule has 0 spiro atoms. The number of benzene rings is 1. The molecule has 0 aliphatic heterocycles. The molecule has 0 amide bonds. The van der Waals surface area contributed by atoms with Crippen LogP contribution in [0, 0.1) is 11.3 Å². The highest BCUT2D eigenvalue weighted by Gasteiger charge is 2.06. The molecule has 68 valence electrons. The first-order valence-electron chi connectivity index (χ1n) is 3.84. The summed E-state index contributed by atoms with van der Waals surface area (Å²) >= 11 is 5.75. The van der Waals surface area contributed by atoms with E-state index in [-0.39, 0.29) is 6.04 Å². The van der Waals surface area contributed by atoms with Crippen LogP contribution in [-0.2, 0) is 0 Å². The minimum atomic E-state index is -0.232. The Hall–Kier alpha value is -1.08. The number of hydrogen-bond acceptors (Lipinski definition) is 3. The standard InChI is InChI=1S/C9H10ClN3/c10-8-2-1-6(9(13)5-12)3-7(8)4-11/h1-3,9H,5,12-13H2/t9-/m1/s1. The zero-order chi connectivity index (χ0) is 9.84. The van der Waals surface area contributed by atoms with E-state index in [0.717, 1.165) is 5.56 Å². The molecule has 0 radical (unpaired) electrons. The molecule has 0 unspecified atom stereocenters. The molecule has 0 saturated heterocycles. The fraction of sp³-hybridized carbons (Fsp3) is 0.222. The van der Waals surface area contributed by atoms with Crippen LogP contribution in [0.3, 0.4) is 0 Å². The van der Waals surface area contributed by atoms with Crippen LogP contribution >= 0.6 is 11.6 Å². The Morgan fingerprint density at radius 1 is 1.54 bits per heavy atom. The first-order valence-corrected chi connectivity index (χ1v) is 4.22. The van der Waals surface area contributed by atoms with Gasteiger partial charge in [0.25, 0.3) is 0 Å². The number of nitrogens with two attached hydrogens (primary N) is 2. The van der Waals surface area contributed by atoms with Crippen LogP contribution in [0.5, 0.6) is 0 Å². The molecule has 1 aromatic carbocycles. The maximum Gasteiger partial charge on any atom is 0.101 e. The fourth-order valence-corrected chi connectivity index (χ4v) is 1.16. The number of hydrogen-bond donors (Lipinski definition) is 2. The normalized spacial score (nSPS) is 12.2. The van der Waals surface area contributed by atoms with Gasteiger partial charge in [-0.3, -0.25) is 0 Å². The maximum absolute atomic E-state index is 8.69. The van der Waals surface area contributed by atoms with Gasteiger partial charge in [-0.15, -0.1) is 0 Å². The van der Waals surface area contributed by atoms with Gasteiger partial charge in [-0.1, -0.05) is 17.7 Å². The highest BCUT2D eigenvalue weighted by Crippen LogP contribution is 2.19. The molecule has 0 heterocycles. The molecular formula is C9H10ClN3. The van der Waals surface area contributed by atoms with E-state index in [2.05, 4.69) is 0 Å². The molecule has 1 rings (SSSR count). The van der Waals surface area contributed by atoms with Gasteiger partial charge in [-0.25, -0.2) is 0 Å². The molecule has 4 N–H and O–H groups in total. The van der Waals surface area contributed by atoms with E-state index in [1.807, 2.05) is 6.07 Å². The lowest BCUT2D eigenvalue weighted by Gasteiger charge is -2.09. The van der Waals surface area contributed by atoms with Gasteiger partial charge in [0.05, 0.1) is 10.6 Å². The zero-order valence-electron chi connectivity index (χ0n) is 7.00. The Balaban J connectivity index is 3.08. The Kier molecular flexibility index (Phi) is 3.26. The molecule has 1 atom stereocenters. The molecule has 0 aromatic heterocycles. The van der Waals surface area contributed by atoms with Crippen LogP contribution in [0.2, 0.25) is 5.02 Å². The van der Waals surface area contributed by atoms with Gasteiger partial charge in [-0.05, 0) is 17.7 Å². The van der Waals surface area contributed by atoms with Crippen molar-refractivity contribution in [3.8, 4) is 6.07 Å². The van der Waals surface area contributed by atoms with E-state index in [1.165, 1.54) is 0 Å². The summed E-state index contributed by atoms with van der Waals surface area (Å²) in [5.74, 6) is 0. The Labute approximate surface area is 81.9 Å². The van der Waals surface area contributed by atoms with Gasteiger partial charge in [-0.2, -0.15) is 5.26 Å². The largest absolute Gasteiger partial charge is 0.329 e. The molecule has 0 bridgehead atoms. The summed E-state index contributed by atoms with van der Waals surface area (Å²) in [7, 11) is 0. The second-order valence-corrected chi connectivity index (χ2v) is 3.10. The summed E-state index contributed by atoms with van der Waals surface area (Å²) in [6.07, 6.45) is 0. The van der Waals surface area contributed by atoms with Crippen molar-refractivity contribution in [2.24, 2.45) is 11.5 Å². The van der Waals surface area contributed by atoms with Crippen molar-refractivity contribution in [2.75, 3.05) is 6.54 Å². The second kappa shape index (κ2) is 4.24. The zero-order valence-corrected chi connectivity index (χ0v) is 7.75. The third-order valence-corrected chi connectivity index (χ3v) is 2.12. The molecule has 13 heavy (non-hydrogen) atoms. The predicted octanol–water partition coefficient (Wildman–Crippen LogP) is 1.17. The number of rotatable bonds is 2. The molecule has 0 fully saturated rings. The van der Waals surface area contributed by atoms with Crippen LogP contribution in [0.1, 0.15) is 17.2 Å². The van der Waals surface area contributed by atoms with Gasteiger partial charge in [0.2, 0.25) is 0 Å². The third-order valence-electron chi connectivity index (χ3n) is 1.79. The Morgan fingerprint density at radius 3 is 2.77 bits per heavy atom. The highest BCUT2D eigenvalue weighted by molar-refractivity contribution is 6.31. The van der Waals surface area contributed by atoms with Crippen LogP contribution in [-0.4, -0.2) is 6.54 Å². The van der Waals surface area contributed by atoms with Crippen molar-refractivity contribution in [1.29, 1.82) is 5.26 Å². The van der Waals surface area contributed by atoms with E-state index < -0.39 is 0 Å². The van der Waals surface area contributed by atoms with Crippen molar-refractivity contribution < 1.29 is 0 Å². The smallest absolute Gasteiger partial charge is 0.101 e. The van der Waals surface area contributed by atoms with Gasteiger partial charge in [0.1, 0.15) is 6.07 Å². The predicted molar refractivity (Wildman–Crippen MR) is 52.1 cm³/mol. The average molecular weight is 196 g/mol. The third kappa shape index (κ3) is 2.19. The first-order chi connectivity index (χ1) is 6.19. The summed E-state index contributed by atoms with van der Waals surface area (Å²) in [4.78, 5) is 0. The van der Waals surface area contributed by atoms with E-state index in [0.29, 0.717) is 17.1 Å². The van der Waals surface area contributed by atoms with E-state index >= 15 is 0 Å². The molecular weight excluding hydrogens is 186 g/mol. The quantitative estimate of drug-likeness (QED) is 0.744. The average Bonchev–Trinajstić information content (AvgIpc) is 2.17. The molecule has 0 aliphatic rings. The Bertz CT molecular complexity index is 343. The van der Waals surface area contributed by atoms with Crippen molar-refractivity contribution in [1.82, 2.24) is 0 Å². The molecule has 0 aliphatic carbocycles. The van der Waals surface area contributed by atoms with Crippen molar-refractivity contribution >= 4 is 11.6 Å². The lowest BCUT2D eigenvalue weighted by atomic mass is 10.1. The number of nitriles is 1. The van der Waals surface area contributed by atoms with Gasteiger partial charge in [0, 0.05) is 12.6 Å². The van der Waals surface area contributed by atoms with Crippen LogP contribution in [0.15, 0.2) is 18.2 Å². The monoisotopic (exact) mass is 195 g/mol. The number of nitrogens with zero attached hydrogens (tertiary/aromatic N) is 1. The molecule has 0 saturated carbocycles. The van der Waals surface area contributed by atoms with Crippen LogP contribution in [0.25, 0.3) is 0 Å². The van der Waals surface area contributed by atoms with Gasteiger partial charge in [0.15, 0.2) is 0 Å². The molecule has 4 heteroatoms. The number of halogens is 1. The lowest BCUT2D eigenvalue weighted by Crippen LogP contribution is -2.20. The van der Waals surface area contributed by atoms with E-state index in [9.17, 15) is 0 Å². The topological polar surface area (TPSA) is 75.8 Å². The highest BCUT2D eigenvalue weighted by atomic mass is 35.5. The summed E-state index contributed by atoms with van der Waals surface area (Å²) in [6.45, 7) is 0.354. The van der Waals surface area contributed by atoms with E-state index in [4.69, 9.17) is 28.3 Å². The van der Waals surface area contributed by atoms with Crippen molar-refractivity contribution in [3.63, 3.8) is 0 Å². The van der Waals surface area contributed by atoms with Gasteiger partial charge >= 0.3 is 0 Å². The minimum Gasteiger partial charge on any atom is -0.329 e. The maximum atomic E-state index is 8.69. The second-order valence-electron chi connectivity index (χ2n) is 2.69. The summed E-state index contributed by atoms with van der Waals surface area (Å²) in [6, 6.07) is 6.86. The van der Waals surface area contributed by atoms with E-state index in [1.54, 1.807) is 18.2 Å². The summed E-state index contributed by atoms with van der Waals surface area (Å²) in [5, 5.41) is 9.13. The summed E-state index contributed by atoms with van der Waals surface area (Å²) < 4.78 is 0. The summed E-state index contributed by atoms with van der Waals surface area (Å²) in [5.41, 5.74) is 12.4. The SMILES string of the molecule is N#Cc1cc([C@H](N)CN)ccc1Cl. The first kappa shape index (κ1) is 10.0. The van der Waals surface area contributed by atoms with Gasteiger partial charge < -0.3 is 11.5 Å². The van der Waals surface area contributed by atoms with Crippen molar-refractivity contribution in [3.05, 3.63) is 34.3 Å². The minimum absolute atomic E-state index is 0.232.